The van der Waals surface area contributed by atoms with Gasteiger partial charge in [0.1, 0.15) is 5.15 Å². The molecule has 1 aromatic carbocycles. The highest BCUT2D eigenvalue weighted by Crippen LogP contribution is 2.36. The summed E-state index contributed by atoms with van der Waals surface area (Å²) in [5.41, 5.74) is 2.15. The van der Waals surface area contributed by atoms with Gasteiger partial charge >= 0.3 is 0 Å². The fourth-order valence-corrected chi connectivity index (χ4v) is 3.12. The third-order valence-electron chi connectivity index (χ3n) is 3.67. The Bertz CT molecular complexity index is 754. The minimum Gasteiger partial charge on any atom is -0.493 e. The molecule has 6 nitrogen and oxygen atoms in total. The summed E-state index contributed by atoms with van der Waals surface area (Å²) < 4.78 is 11.5. The molecule has 140 valence electrons. The van der Waals surface area contributed by atoms with Crippen LogP contribution in [0.4, 0.5) is 0 Å². The lowest BCUT2D eigenvalue weighted by molar-refractivity contribution is 0.352. The first-order valence-corrected chi connectivity index (χ1v) is 9.19. The number of hydrogen-bond donors (Lipinski definition) is 2. The second-order valence-corrected chi connectivity index (χ2v) is 6.65. The van der Waals surface area contributed by atoms with Crippen LogP contribution in [-0.2, 0) is 13.0 Å². The molecule has 0 fully saturated rings. The van der Waals surface area contributed by atoms with Crippen LogP contribution in [0.15, 0.2) is 39.9 Å². The Morgan fingerprint density at radius 3 is 2.62 bits per heavy atom. The van der Waals surface area contributed by atoms with Gasteiger partial charge in [-0.1, -0.05) is 17.7 Å². The van der Waals surface area contributed by atoms with E-state index in [-0.39, 0.29) is 0 Å². The molecule has 2 rings (SSSR count). The molecule has 2 aromatic rings. The van der Waals surface area contributed by atoms with Crippen molar-refractivity contribution in [3.05, 3.63) is 51.2 Å². The van der Waals surface area contributed by atoms with E-state index in [0.717, 1.165) is 34.5 Å². The molecule has 0 saturated carbocycles. The zero-order valence-electron chi connectivity index (χ0n) is 15.0. The Labute approximate surface area is 167 Å². The normalized spacial score (nSPS) is 11.2. The zero-order valence-corrected chi connectivity index (χ0v) is 17.3. The number of pyridine rings is 1. The highest BCUT2D eigenvalue weighted by molar-refractivity contribution is 9.10. The molecule has 0 spiro atoms. The first-order chi connectivity index (χ1) is 12.6. The van der Waals surface area contributed by atoms with Crippen molar-refractivity contribution in [1.82, 2.24) is 15.6 Å². The second kappa shape index (κ2) is 10.2. The van der Waals surface area contributed by atoms with E-state index in [1.807, 2.05) is 18.2 Å². The molecule has 1 aromatic heterocycles. The Morgan fingerprint density at radius 1 is 1.19 bits per heavy atom. The number of aromatic nitrogens is 1. The predicted octanol–water partition coefficient (Wildman–Crippen LogP) is 3.42. The summed E-state index contributed by atoms with van der Waals surface area (Å²) >= 11 is 9.30. The topological polar surface area (TPSA) is 67.8 Å². The highest BCUT2D eigenvalue weighted by Gasteiger charge is 2.10. The number of benzene rings is 1. The molecule has 0 saturated heterocycles. The van der Waals surface area contributed by atoms with Crippen molar-refractivity contribution in [1.29, 1.82) is 0 Å². The maximum atomic E-state index is 5.79. The van der Waals surface area contributed by atoms with E-state index in [1.165, 1.54) is 0 Å². The van der Waals surface area contributed by atoms with Crippen LogP contribution >= 0.6 is 27.5 Å². The first-order valence-electron chi connectivity index (χ1n) is 8.02. The molecule has 0 aliphatic rings. The van der Waals surface area contributed by atoms with Gasteiger partial charge in [0, 0.05) is 26.3 Å². The molecule has 0 aliphatic heterocycles. The number of rotatable bonds is 7. The van der Waals surface area contributed by atoms with E-state index in [1.54, 1.807) is 33.5 Å². The third-order valence-corrected chi connectivity index (χ3v) is 4.48. The number of aliphatic imine (C=N–C) groups is 1. The Kier molecular flexibility index (Phi) is 8.00. The summed E-state index contributed by atoms with van der Waals surface area (Å²) in [4.78, 5) is 8.31. The van der Waals surface area contributed by atoms with Gasteiger partial charge < -0.3 is 20.1 Å². The number of nitrogens with zero attached hydrogens (tertiary/aromatic N) is 2. The van der Waals surface area contributed by atoms with Gasteiger partial charge in [-0.3, -0.25) is 4.99 Å². The second-order valence-electron chi connectivity index (χ2n) is 5.40. The molecular weight excluding hydrogens is 420 g/mol. The van der Waals surface area contributed by atoms with E-state index in [0.29, 0.717) is 23.2 Å². The molecular formula is C18H22BrClN4O2. The molecule has 8 heteroatoms. The molecule has 26 heavy (non-hydrogen) atoms. The highest BCUT2D eigenvalue weighted by atomic mass is 79.9. The summed E-state index contributed by atoms with van der Waals surface area (Å²) in [5, 5.41) is 7.06. The lowest BCUT2D eigenvalue weighted by atomic mass is 10.2. The molecule has 0 atom stereocenters. The predicted molar refractivity (Wildman–Crippen MR) is 108 cm³/mol. The van der Waals surface area contributed by atoms with Crippen molar-refractivity contribution in [3.63, 3.8) is 0 Å². The molecule has 0 radical (unpaired) electrons. The van der Waals surface area contributed by atoms with Gasteiger partial charge in [-0.2, -0.15) is 0 Å². The van der Waals surface area contributed by atoms with Crippen molar-refractivity contribution < 1.29 is 9.47 Å². The smallest absolute Gasteiger partial charge is 0.191 e. The van der Waals surface area contributed by atoms with Crippen molar-refractivity contribution in [3.8, 4) is 11.5 Å². The van der Waals surface area contributed by atoms with Crippen molar-refractivity contribution in [2.45, 2.75) is 13.0 Å². The van der Waals surface area contributed by atoms with Gasteiger partial charge in [0.25, 0.3) is 0 Å². The fraction of sp³-hybridized carbons (Fsp3) is 0.333. The molecule has 0 bridgehead atoms. The lowest BCUT2D eigenvalue weighted by Gasteiger charge is -2.14. The van der Waals surface area contributed by atoms with E-state index >= 15 is 0 Å². The van der Waals surface area contributed by atoms with Crippen LogP contribution in [0.3, 0.4) is 0 Å². The van der Waals surface area contributed by atoms with Crippen LogP contribution in [0.5, 0.6) is 11.5 Å². The molecule has 2 N–H and O–H groups in total. The summed E-state index contributed by atoms with van der Waals surface area (Å²) in [5.74, 6) is 2.07. The Morgan fingerprint density at radius 2 is 2.00 bits per heavy atom. The number of halogens is 2. The monoisotopic (exact) mass is 440 g/mol. The van der Waals surface area contributed by atoms with Crippen LogP contribution in [-0.4, -0.2) is 38.8 Å². The molecule has 0 aliphatic carbocycles. The van der Waals surface area contributed by atoms with E-state index < -0.39 is 0 Å². The van der Waals surface area contributed by atoms with Crippen molar-refractivity contribution in [2.24, 2.45) is 4.99 Å². The average Bonchev–Trinajstić information content (AvgIpc) is 2.65. The van der Waals surface area contributed by atoms with Crippen LogP contribution in [0.25, 0.3) is 0 Å². The van der Waals surface area contributed by atoms with Gasteiger partial charge in [0.05, 0.1) is 18.7 Å². The largest absolute Gasteiger partial charge is 0.493 e. The molecule has 0 amide bonds. The molecule has 0 unspecified atom stereocenters. The minimum atomic E-state index is 0.500. The number of ether oxygens (including phenoxy) is 2. The number of hydrogen-bond acceptors (Lipinski definition) is 4. The van der Waals surface area contributed by atoms with Gasteiger partial charge in [0.15, 0.2) is 17.5 Å². The average molecular weight is 442 g/mol. The van der Waals surface area contributed by atoms with Crippen LogP contribution in [0.2, 0.25) is 5.15 Å². The minimum absolute atomic E-state index is 0.500. The van der Waals surface area contributed by atoms with E-state index in [4.69, 9.17) is 21.1 Å². The standard InChI is InChI=1S/C18H22BrClN4O2/c1-21-18(22-7-6-12-4-5-16(20)23-10-12)24-11-13-8-14(19)17(26-3)15(9-13)25-2/h4-5,8-10H,6-7,11H2,1-3H3,(H2,21,22,24). The summed E-state index contributed by atoms with van der Waals surface area (Å²) in [6, 6.07) is 7.68. The Balaban J connectivity index is 1.88. The first kappa shape index (κ1) is 20.3. The van der Waals surface area contributed by atoms with Gasteiger partial charge in [-0.15, -0.1) is 0 Å². The number of nitrogens with one attached hydrogen (secondary N) is 2. The summed E-state index contributed by atoms with van der Waals surface area (Å²) in [7, 11) is 4.97. The third kappa shape index (κ3) is 5.78. The van der Waals surface area contributed by atoms with Crippen LogP contribution < -0.4 is 20.1 Å². The van der Waals surface area contributed by atoms with Gasteiger partial charge in [-0.05, 0) is 51.7 Å². The maximum Gasteiger partial charge on any atom is 0.191 e. The van der Waals surface area contributed by atoms with Crippen LogP contribution in [0.1, 0.15) is 11.1 Å². The van der Waals surface area contributed by atoms with E-state index in [9.17, 15) is 0 Å². The number of guanidine groups is 1. The Hall–Kier alpha value is -1.99. The van der Waals surface area contributed by atoms with Gasteiger partial charge in [0.2, 0.25) is 0 Å². The van der Waals surface area contributed by atoms with Gasteiger partial charge in [-0.25, -0.2) is 4.98 Å². The van der Waals surface area contributed by atoms with Crippen molar-refractivity contribution in [2.75, 3.05) is 27.8 Å². The summed E-state index contributed by atoms with van der Waals surface area (Å²) in [6.45, 7) is 1.33. The van der Waals surface area contributed by atoms with Crippen LogP contribution in [0, 0.1) is 0 Å². The zero-order chi connectivity index (χ0) is 18.9. The van der Waals surface area contributed by atoms with E-state index in [2.05, 4.69) is 36.5 Å². The SMILES string of the molecule is CN=C(NCCc1ccc(Cl)nc1)NCc1cc(Br)c(OC)c(OC)c1. The fourth-order valence-electron chi connectivity index (χ4n) is 2.36. The summed E-state index contributed by atoms with van der Waals surface area (Å²) in [6.07, 6.45) is 2.61. The number of methoxy groups -OCH3 is 2. The van der Waals surface area contributed by atoms with Crippen molar-refractivity contribution >= 4 is 33.5 Å². The quantitative estimate of drug-likeness (QED) is 0.391. The lowest BCUT2D eigenvalue weighted by Crippen LogP contribution is -2.37. The maximum absolute atomic E-state index is 5.79. The molecule has 1 heterocycles.